The fourth-order valence-corrected chi connectivity index (χ4v) is 5.31. The molecule has 9 heteroatoms. The first-order valence-corrected chi connectivity index (χ1v) is 19.2. The number of quaternary nitrogens is 1. The number of esters is 2. The molecule has 0 heterocycles. The van der Waals surface area contributed by atoms with Crippen LogP contribution in [-0.4, -0.2) is 87.4 Å². The first-order valence-electron chi connectivity index (χ1n) is 19.2. The van der Waals surface area contributed by atoms with Crippen LogP contribution in [0.5, 0.6) is 0 Å². The monoisotopic (exact) mass is 673 g/mol. The summed E-state index contributed by atoms with van der Waals surface area (Å²) in [5.41, 5.74) is 0. The second-order valence-corrected chi connectivity index (χ2v) is 14.3. The van der Waals surface area contributed by atoms with Crippen molar-refractivity contribution >= 4 is 17.9 Å². The van der Waals surface area contributed by atoms with Crippen molar-refractivity contribution in [1.29, 1.82) is 0 Å². The van der Waals surface area contributed by atoms with E-state index in [1.807, 2.05) is 21.1 Å². The molecule has 2 atom stereocenters. The van der Waals surface area contributed by atoms with Crippen LogP contribution in [0.2, 0.25) is 0 Å². The van der Waals surface area contributed by atoms with Gasteiger partial charge in [0.2, 0.25) is 0 Å². The third-order valence-corrected chi connectivity index (χ3v) is 8.36. The Morgan fingerprint density at radius 1 is 0.553 bits per heavy atom. The van der Waals surface area contributed by atoms with Crippen LogP contribution < -0.4 is 0 Å². The predicted octanol–water partition coefficient (Wildman–Crippen LogP) is 8.99. The van der Waals surface area contributed by atoms with Crippen LogP contribution in [0.3, 0.4) is 0 Å². The smallest absolute Gasteiger partial charge is 0.361 e. The summed E-state index contributed by atoms with van der Waals surface area (Å²) < 4.78 is 22.6. The van der Waals surface area contributed by atoms with Crippen LogP contribution in [0, 0.1) is 0 Å². The molecule has 0 aromatic heterocycles. The standard InChI is InChI=1S/C38H73NO8/c1-6-8-10-12-14-16-17-18-19-21-23-25-27-29-36(41)47-34(33-46-38(37(42)43)44-31-30-39(3,4)5)32-45-35(40)28-26-24-22-20-15-13-11-9-7-2/h34,38H,6-33H2,1-5H3/p+1. The zero-order chi connectivity index (χ0) is 35.0. The van der Waals surface area contributed by atoms with Crippen LogP contribution >= 0.6 is 0 Å². The lowest BCUT2D eigenvalue weighted by Crippen LogP contribution is -2.40. The molecular formula is C38H74NO8+. The van der Waals surface area contributed by atoms with Crippen molar-refractivity contribution in [3.63, 3.8) is 0 Å². The number of carbonyl (C=O) groups is 3. The molecule has 0 aromatic carbocycles. The van der Waals surface area contributed by atoms with E-state index in [1.165, 1.54) is 103 Å². The zero-order valence-electron chi connectivity index (χ0n) is 31.2. The van der Waals surface area contributed by atoms with Gasteiger partial charge in [0.15, 0.2) is 6.10 Å². The fourth-order valence-electron chi connectivity index (χ4n) is 5.31. The minimum Gasteiger partial charge on any atom is -0.477 e. The SMILES string of the molecule is CCCCCCCCCCCCCCCC(=O)OC(COC(=O)CCCCCCCCCCC)COC(OCC[N+](C)(C)C)C(=O)O. The molecule has 278 valence electrons. The van der Waals surface area contributed by atoms with E-state index in [1.54, 1.807) is 0 Å². The minimum atomic E-state index is -1.50. The molecule has 0 spiro atoms. The van der Waals surface area contributed by atoms with Crippen molar-refractivity contribution in [3.05, 3.63) is 0 Å². The summed E-state index contributed by atoms with van der Waals surface area (Å²) in [7, 11) is 5.95. The van der Waals surface area contributed by atoms with Gasteiger partial charge in [0.25, 0.3) is 6.29 Å². The van der Waals surface area contributed by atoms with E-state index in [0.717, 1.165) is 38.5 Å². The van der Waals surface area contributed by atoms with Crippen LogP contribution in [0.15, 0.2) is 0 Å². The highest BCUT2D eigenvalue weighted by atomic mass is 16.7. The number of rotatable bonds is 35. The van der Waals surface area contributed by atoms with Gasteiger partial charge in [-0.25, -0.2) is 4.79 Å². The first-order chi connectivity index (χ1) is 22.6. The van der Waals surface area contributed by atoms with Crippen LogP contribution in [0.1, 0.15) is 168 Å². The van der Waals surface area contributed by atoms with Crippen molar-refractivity contribution in [2.24, 2.45) is 0 Å². The van der Waals surface area contributed by atoms with E-state index in [9.17, 15) is 19.5 Å². The van der Waals surface area contributed by atoms with Crippen LogP contribution in [0.25, 0.3) is 0 Å². The maximum absolute atomic E-state index is 12.6. The Bertz CT molecular complexity index is 754. The molecule has 0 aliphatic heterocycles. The molecule has 0 fully saturated rings. The molecule has 0 aliphatic rings. The fraction of sp³-hybridized carbons (Fsp3) is 0.921. The molecule has 0 amide bonds. The molecule has 0 radical (unpaired) electrons. The third kappa shape index (κ3) is 32.6. The number of carbonyl (C=O) groups excluding carboxylic acids is 2. The molecule has 9 nitrogen and oxygen atoms in total. The minimum absolute atomic E-state index is 0.175. The van der Waals surface area contributed by atoms with Gasteiger partial charge in [-0.3, -0.25) is 9.59 Å². The number of hydrogen-bond acceptors (Lipinski definition) is 7. The summed E-state index contributed by atoms with van der Waals surface area (Å²) in [5.74, 6) is -2.00. The molecule has 0 aliphatic carbocycles. The molecule has 0 aromatic rings. The number of carboxylic acid groups (broad SMARTS) is 1. The average Bonchev–Trinajstić information content (AvgIpc) is 3.02. The summed E-state index contributed by atoms with van der Waals surface area (Å²) >= 11 is 0. The number of hydrogen-bond donors (Lipinski definition) is 1. The van der Waals surface area contributed by atoms with E-state index >= 15 is 0 Å². The Kier molecular flexibility index (Phi) is 30.4. The van der Waals surface area contributed by atoms with Crippen molar-refractivity contribution in [2.75, 3.05) is 47.5 Å². The average molecular weight is 673 g/mol. The van der Waals surface area contributed by atoms with E-state index in [-0.39, 0.29) is 32.2 Å². The van der Waals surface area contributed by atoms with Crippen molar-refractivity contribution < 1.29 is 42.9 Å². The van der Waals surface area contributed by atoms with Gasteiger partial charge >= 0.3 is 17.9 Å². The second-order valence-electron chi connectivity index (χ2n) is 14.3. The normalized spacial score (nSPS) is 13.0. The lowest BCUT2D eigenvalue weighted by Gasteiger charge is -2.25. The molecule has 1 N–H and O–H groups in total. The first kappa shape index (κ1) is 45.3. The van der Waals surface area contributed by atoms with E-state index < -0.39 is 24.3 Å². The zero-order valence-corrected chi connectivity index (χ0v) is 31.2. The number of nitrogens with zero attached hydrogens (tertiary/aromatic N) is 1. The predicted molar refractivity (Wildman–Crippen MR) is 189 cm³/mol. The second kappa shape index (κ2) is 31.6. The molecule has 0 rings (SSSR count). The van der Waals surface area contributed by atoms with Gasteiger partial charge < -0.3 is 28.5 Å². The lowest BCUT2D eigenvalue weighted by atomic mass is 10.0. The Morgan fingerprint density at radius 3 is 1.36 bits per heavy atom. The largest absolute Gasteiger partial charge is 0.477 e. The lowest BCUT2D eigenvalue weighted by molar-refractivity contribution is -0.870. The Hall–Kier alpha value is -1.71. The van der Waals surface area contributed by atoms with Gasteiger partial charge in [0.1, 0.15) is 13.2 Å². The topological polar surface area (TPSA) is 108 Å². The maximum atomic E-state index is 12.6. The highest BCUT2D eigenvalue weighted by Gasteiger charge is 2.25. The Labute approximate surface area is 288 Å². The Morgan fingerprint density at radius 2 is 0.957 bits per heavy atom. The number of likely N-dealkylation sites (N-methyl/N-ethyl adjacent to an activating group) is 1. The molecule has 0 saturated heterocycles. The molecule has 47 heavy (non-hydrogen) atoms. The number of unbranched alkanes of at least 4 members (excludes halogenated alkanes) is 20. The number of ether oxygens (including phenoxy) is 4. The molecular weight excluding hydrogens is 598 g/mol. The summed E-state index contributed by atoms with van der Waals surface area (Å²) in [6.07, 6.45) is 24.5. The van der Waals surface area contributed by atoms with E-state index in [2.05, 4.69) is 13.8 Å². The van der Waals surface area contributed by atoms with Gasteiger partial charge in [-0.05, 0) is 12.8 Å². The van der Waals surface area contributed by atoms with Gasteiger partial charge in [-0.2, -0.15) is 0 Å². The third-order valence-electron chi connectivity index (χ3n) is 8.36. The van der Waals surface area contributed by atoms with Gasteiger partial charge in [0.05, 0.1) is 34.4 Å². The summed E-state index contributed by atoms with van der Waals surface area (Å²) in [5, 5.41) is 9.57. The maximum Gasteiger partial charge on any atom is 0.361 e. The Balaban J connectivity index is 4.51. The van der Waals surface area contributed by atoms with Crippen molar-refractivity contribution in [1.82, 2.24) is 0 Å². The van der Waals surface area contributed by atoms with E-state index in [4.69, 9.17) is 18.9 Å². The van der Waals surface area contributed by atoms with Crippen LogP contribution in [-0.2, 0) is 33.3 Å². The van der Waals surface area contributed by atoms with Gasteiger partial charge in [-0.1, -0.05) is 142 Å². The quantitative estimate of drug-likeness (QED) is 0.0308. The number of carboxylic acids is 1. The number of aliphatic carboxylic acids is 1. The van der Waals surface area contributed by atoms with Crippen molar-refractivity contribution in [2.45, 2.75) is 180 Å². The van der Waals surface area contributed by atoms with Crippen LogP contribution in [0.4, 0.5) is 0 Å². The molecule has 0 saturated carbocycles. The summed E-state index contributed by atoms with van der Waals surface area (Å²) in [4.78, 5) is 36.8. The summed E-state index contributed by atoms with van der Waals surface area (Å²) in [6, 6.07) is 0. The van der Waals surface area contributed by atoms with Gasteiger partial charge in [0, 0.05) is 12.8 Å². The summed E-state index contributed by atoms with van der Waals surface area (Å²) in [6.45, 7) is 4.84. The van der Waals surface area contributed by atoms with Gasteiger partial charge in [-0.15, -0.1) is 0 Å². The highest BCUT2D eigenvalue weighted by Crippen LogP contribution is 2.14. The van der Waals surface area contributed by atoms with Crippen molar-refractivity contribution in [3.8, 4) is 0 Å². The molecule has 2 unspecified atom stereocenters. The van der Waals surface area contributed by atoms with E-state index in [0.29, 0.717) is 17.4 Å². The molecule has 0 bridgehead atoms. The highest BCUT2D eigenvalue weighted by molar-refractivity contribution is 5.71.